The molecule has 0 fully saturated rings. The highest BCUT2D eigenvalue weighted by Crippen LogP contribution is 2.29. The number of nitriles is 1. The van der Waals surface area contributed by atoms with E-state index in [2.05, 4.69) is 4.98 Å². The summed E-state index contributed by atoms with van der Waals surface area (Å²) in [5, 5.41) is 8.91. The van der Waals surface area contributed by atoms with Crippen LogP contribution in [0, 0.1) is 18.3 Å². The van der Waals surface area contributed by atoms with Crippen molar-refractivity contribution >= 4 is 11.8 Å². The van der Waals surface area contributed by atoms with Gasteiger partial charge >= 0.3 is 6.18 Å². The molecular formula is C15H12F3N3OS. The van der Waals surface area contributed by atoms with Crippen molar-refractivity contribution in [2.45, 2.75) is 25.2 Å². The zero-order valence-corrected chi connectivity index (χ0v) is 13.1. The second-order valence-electron chi connectivity index (χ2n) is 4.64. The van der Waals surface area contributed by atoms with Crippen molar-refractivity contribution in [3.05, 3.63) is 51.4 Å². The van der Waals surface area contributed by atoms with Gasteiger partial charge in [-0.15, -0.1) is 0 Å². The van der Waals surface area contributed by atoms with Gasteiger partial charge in [-0.1, -0.05) is 18.7 Å². The molecule has 1 heterocycles. The summed E-state index contributed by atoms with van der Waals surface area (Å²) < 4.78 is 39.6. The van der Waals surface area contributed by atoms with Crippen LogP contribution in [0.1, 0.15) is 23.7 Å². The number of hydrogen-bond donors (Lipinski definition) is 0. The van der Waals surface area contributed by atoms with Crippen molar-refractivity contribution < 1.29 is 13.2 Å². The molecule has 0 aliphatic carbocycles. The van der Waals surface area contributed by atoms with Crippen molar-refractivity contribution in [2.75, 3.05) is 5.75 Å². The Labute approximate surface area is 134 Å². The fourth-order valence-corrected chi connectivity index (χ4v) is 2.73. The zero-order chi connectivity index (χ0) is 17.2. The SMILES string of the molecule is CCSc1nc(C(F)(F)F)cc(=O)n1-c1ccc(C#N)c(C)c1. The third-order valence-electron chi connectivity index (χ3n) is 3.04. The molecule has 2 aromatic rings. The van der Waals surface area contributed by atoms with Crippen molar-refractivity contribution in [1.29, 1.82) is 5.26 Å². The minimum absolute atomic E-state index is 0.0311. The van der Waals surface area contributed by atoms with Crippen LogP contribution in [0.2, 0.25) is 0 Å². The van der Waals surface area contributed by atoms with Gasteiger partial charge in [0.05, 0.1) is 17.3 Å². The molecule has 1 aromatic heterocycles. The van der Waals surface area contributed by atoms with Gasteiger partial charge in [0.1, 0.15) is 0 Å². The summed E-state index contributed by atoms with van der Waals surface area (Å²) in [6.45, 7) is 3.45. The van der Waals surface area contributed by atoms with Crippen LogP contribution in [-0.2, 0) is 6.18 Å². The molecule has 0 amide bonds. The van der Waals surface area contributed by atoms with Gasteiger partial charge in [0.15, 0.2) is 10.9 Å². The quantitative estimate of drug-likeness (QED) is 0.634. The standard InChI is InChI=1S/C15H12F3N3OS/c1-3-23-14-20-12(15(16,17)18)7-13(22)21(14)11-5-4-10(8-19)9(2)6-11/h4-7H,3H2,1-2H3. The lowest BCUT2D eigenvalue weighted by molar-refractivity contribution is -0.141. The molecule has 0 N–H and O–H groups in total. The molecule has 8 heteroatoms. The molecule has 0 saturated carbocycles. The summed E-state index contributed by atoms with van der Waals surface area (Å²) in [5.74, 6) is 0.461. The number of halogens is 3. The van der Waals surface area contributed by atoms with Gasteiger partial charge in [0, 0.05) is 6.07 Å². The third kappa shape index (κ3) is 3.56. The maximum Gasteiger partial charge on any atom is 0.433 e. The van der Waals surface area contributed by atoms with E-state index in [1.54, 1.807) is 19.9 Å². The lowest BCUT2D eigenvalue weighted by Gasteiger charge is -2.14. The van der Waals surface area contributed by atoms with Gasteiger partial charge in [-0.2, -0.15) is 18.4 Å². The lowest BCUT2D eigenvalue weighted by atomic mass is 10.1. The Morgan fingerprint density at radius 2 is 2.04 bits per heavy atom. The molecule has 0 unspecified atom stereocenters. The number of aryl methyl sites for hydroxylation is 1. The maximum absolute atomic E-state index is 12.8. The normalized spacial score (nSPS) is 11.3. The first kappa shape index (κ1) is 17.1. The first-order chi connectivity index (χ1) is 10.8. The minimum atomic E-state index is -4.68. The molecule has 23 heavy (non-hydrogen) atoms. The third-order valence-corrected chi connectivity index (χ3v) is 3.86. The second-order valence-corrected chi connectivity index (χ2v) is 5.87. The summed E-state index contributed by atoms with van der Waals surface area (Å²) in [7, 11) is 0. The molecule has 0 radical (unpaired) electrons. The molecule has 0 spiro atoms. The van der Waals surface area contributed by atoms with E-state index in [9.17, 15) is 18.0 Å². The van der Waals surface area contributed by atoms with E-state index in [-0.39, 0.29) is 5.16 Å². The van der Waals surface area contributed by atoms with E-state index in [4.69, 9.17) is 5.26 Å². The number of aromatic nitrogens is 2. The van der Waals surface area contributed by atoms with Gasteiger partial charge < -0.3 is 0 Å². The van der Waals surface area contributed by atoms with Crippen molar-refractivity contribution in [3.8, 4) is 11.8 Å². The molecule has 0 atom stereocenters. The highest BCUT2D eigenvalue weighted by Gasteiger charge is 2.34. The number of thioether (sulfide) groups is 1. The molecule has 120 valence electrons. The Morgan fingerprint density at radius 3 is 2.57 bits per heavy atom. The van der Waals surface area contributed by atoms with Crippen molar-refractivity contribution in [2.24, 2.45) is 0 Å². The van der Waals surface area contributed by atoms with E-state index >= 15 is 0 Å². The van der Waals surface area contributed by atoms with E-state index in [1.165, 1.54) is 12.1 Å². The number of alkyl halides is 3. The Balaban J connectivity index is 2.69. The van der Waals surface area contributed by atoms with E-state index in [0.29, 0.717) is 28.6 Å². The monoisotopic (exact) mass is 339 g/mol. The lowest BCUT2D eigenvalue weighted by Crippen LogP contribution is -2.25. The molecule has 0 saturated heterocycles. The van der Waals surface area contributed by atoms with Gasteiger partial charge in [0.2, 0.25) is 0 Å². The predicted octanol–water partition coefficient (Wildman–Crippen LogP) is 3.54. The molecule has 1 aromatic carbocycles. The highest BCUT2D eigenvalue weighted by atomic mass is 32.2. The Bertz CT molecular complexity index is 837. The van der Waals surface area contributed by atoms with Crippen LogP contribution >= 0.6 is 11.8 Å². The summed E-state index contributed by atoms with van der Waals surface area (Å²) in [4.78, 5) is 15.8. The summed E-state index contributed by atoms with van der Waals surface area (Å²) in [6.07, 6.45) is -4.68. The van der Waals surface area contributed by atoms with Crippen LogP contribution in [0.3, 0.4) is 0 Å². The van der Waals surface area contributed by atoms with Gasteiger partial charge in [-0.25, -0.2) is 4.98 Å². The van der Waals surface area contributed by atoms with Crippen LogP contribution in [0.4, 0.5) is 13.2 Å². The minimum Gasteiger partial charge on any atom is -0.269 e. The fourth-order valence-electron chi connectivity index (χ4n) is 1.98. The molecule has 0 bridgehead atoms. The summed E-state index contributed by atoms with van der Waals surface area (Å²) >= 11 is 1.04. The average Bonchev–Trinajstić information content (AvgIpc) is 2.46. The number of benzene rings is 1. The van der Waals surface area contributed by atoms with Crippen LogP contribution in [-0.4, -0.2) is 15.3 Å². The van der Waals surface area contributed by atoms with E-state index in [0.717, 1.165) is 16.3 Å². The number of nitrogens with zero attached hydrogens (tertiary/aromatic N) is 3. The van der Waals surface area contributed by atoms with E-state index in [1.807, 2.05) is 6.07 Å². The zero-order valence-electron chi connectivity index (χ0n) is 12.3. The number of rotatable bonds is 3. The van der Waals surface area contributed by atoms with E-state index < -0.39 is 17.4 Å². The molecule has 0 aliphatic heterocycles. The molecular weight excluding hydrogens is 327 g/mol. The Hall–Kier alpha value is -2.27. The first-order valence-corrected chi connectivity index (χ1v) is 7.61. The van der Waals surface area contributed by atoms with Gasteiger partial charge in [-0.3, -0.25) is 9.36 Å². The van der Waals surface area contributed by atoms with Crippen LogP contribution < -0.4 is 5.56 Å². The summed E-state index contributed by atoms with van der Waals surface area (Å²) in [6, 6.07) is 7.10. The van der Waals surface area contributed by atoms with Gasteiger partial charge in [-0.05, 0) is 36.4 Å². The second kappa shape index (κ2) is 6.46. The predicted molar refractivity (Wildman–Crippen MR) is 80.7 cm³/mol. The largest absolute Gasteiger partial charge is 0.433 e. The van der Waals surface area contributed by atoms with Crippen LogP contribution in [0.5, 0.6) is 0 Å². The maximum atomic E-state index is 12.8. The average molecular weight is 339 g/mol. The topological polar surface area (TPSA) is 58.7 Å². The van der Waals surface area contributed by atoms with Gasteiger partial charge in [0.25, 0.3) is 5.56 Å². The van der Waals surface area contributed by atoms with Crippen LogP contribution in [0.25, 0.3) is 5.69 Å². The molecule has 2 rings (SSSR count). The van der Waals surface area contributed by atoms with Crippen LogP contribution in [0.15, 0.2) is 34.2 Å². The fraction of sp³-hybridized carbons (Fsp3) is 0.267. The molecule has 4 nitrogen and oxygen atoms in total. The summed E-state index contributed by atoms with van der Waals surface area (Å²) in [5.41, 5.74) is -0.577. The molecule has 0 aliphatic rings. The van der Waals surface area contributed by atoms with Crippen molar-refractivity contribution in [3.63, 3.8) is 0 Å². The van der Waals surface area contributed by atoms with Crippen molar-refractivity contribution in [1.82, 2.24) is 9.55 Å². The highest BCUT2D eigenvalue weighted by molar-refractivity contribution is 7.99. The Kier molecular flexibility index (Phi) is 4.80. The number of hydrogen-bond acceptors (Lipinski definition) is 4. The first-order valence-electron chi connectivity index (χ1n) is 6.63. The smallest absolute Gasteiger partial charge is 0.269 e. The Morgan fingerprint density at radius 1 is 1.35 bits per heavy atom.